The Morgan fingerprint density at radius 2 is 2.36 bits per heavy atom. The fourth-order valence-electron chi connectivity index (χ4n) is 0.999. The van der Waals surface area contributed by atoms with Crippen molar-refractivity contribution < 1.29 is 0 Å². The molecule has 1 aromatic rings. The van der Waals surface area contributed by atoms with Gasteiger partial charge in [-0.3, -0.25) is 5.10 Å². The number of aromatic nitrogens is 3. The summed E-state index contributed by atoms with van der Waals surface area (Å²) in [5.41, 5.74) is 0. The van der Waals surface area contributed by atoms with Crippen molar-refractivity contribution in [2.45, 2.75) is 25.4 Å². The van der Waals surface area contributed by atoms with Crippen LogP contribution in [0.15, 0.2) is 11.5 Å². The predicted molar refractivity (Wildman–Crippen MR) is 59.4 cm³/mol. The summed E-state index contributed by atoms with van der Waals surface area (Å²) in [6, 6.07) is 0. The second kappa shape index (κ2) is 6.84. The number of thioether (sulfide) groups is 1. The first-order chi connectivity index (χ1) is 6.79. The smallest absolute Gasteiger partial charge is 0.183 e. The van der Waals surface area contributed by atoms with Gasteiger partial charge >= 0.3 is 0 Å². The van der Waals surface area contributed by atoms with E-state index in [1.807, 2.05) is 0 Å². The highest BCUT2D eigenvalue weighted by molar-refractivity contribution is 7.99. The zero-order chi connectivity index (χ0) is 10.2. The van der Waals surface area contributed by atoms with Crippen LogP contribution in [0.2, 0.25) is 0 Å². The van der Waals surface area contributed by atoms with E-state index < -0.39 is 0 Å². The number of hydrogen-bond acceptors (Lipinski definition) is 4. The van der Waals surface area contributed by atoms with Gasteiger partial charge in [-0.15, -0.1) is 0 Å². The van der Waals surface area contributed by atoms with Crippen LogP contribution in [-0.4, -0.2) is 34.0 Å². The van der Waals surface area contributed by atoms with Crippen LogP contribution in [-0.2, 0) is 0 Å². The van der Waals surface area contributed by atoms with Gasteiger partial charge in [-0.05, 0) is 18.9 Å². The lowest BCUT2D eigenvalue weighted by Crippen LogP contribution is -2.19. The van der Waals surface area contributed by atoms with E-state index in [4.69, 9.17) is 0 Å². The first kappa shape index (κ1) is 11.5. The standard InChI is InChI=1S/C9H18N4S/c1-8(2)3-4-10-5-6-14-9-11-7-12-13-9/h7-8,10H,3-6H2,1-2H3,(H,11,12,13). The summed E-state index contributed by atoms with van der Waals surface area (Å²) in [6.07, 6.45) is 2.78. The van der Waals surface area contributed by atoms with E-state index in [-0.39, 0.29) is 0 Å². The van der Waals surface area contributed by atoms with Gasteiger partial charge in [0.25, 0.3) is 0 Å². The SMILES string of the molecule is CC(C)CCNCCSc1ncn[nH]1. The van der Waals surface area contributed by atoms with Crippen LogP contribution in [0.4, 0.5) is 0 Å². The Bertz CT molecular complexity index is 223. The Labute approximate surface area is 89.3 Å². The summed E-state index contributed by atoms with van der Waals surface area (Å²) in [5, 5.41) is 10.9. The summed E-state index contributed by atoms with van der Waals surface area (Å²) in [5.74, 6) is 1.82. The third-order valence-electron chi connectivity index (χ3n) is 1.81. The maximum absolute atomic E-state index is 4.03. The van der Waals surface area contributed by atoms with Crippen molar-refractivity contribution in [1.82, 2.24) is 20.5 Å². The van der Waals surface area contributed by atoms with Gasteiger partial charge in [-0.2, -0.15) is 5.10 Å². The van der Waals surface area contributed by atoms with Crippen LogP contribution in [0.1, 0.15) is 20.3 Å². The number of nitrogens with one attached hydrogen (secondary N) is 2. The summed E-state index contributed by atoms with van der Waals surface area (Å²) >= 11 is 1.69. The van der Waals surface area contributed by atoms with Crippen molar-refractivity contribution in [1.29, 1.82) is 0 Å². The number of nitrogens with zero attached hydrogens (tertiary/aromatic N) is 2. The lowest BCUT2D eigenvalue weighted by molar-refractivity contribution is 0.547. The molecule has 2 N–H and O–H groups in total. The van der Waals surface area contributed by atoms with Gasteiger partial charge < -0.3 is 5.32 Å². The average molecular weight is 214 g/mol. The van der Waals surface area contributed by atoms with Gasteiger partial charge in [0.05, 0.1) is 0 Å². The lowest BCUT2D eigenvalue weighted by Gasteiger charge is -2.05. The zero-order valence-corrected chi connectivity index (χ0v) is 9.60. The molecule has 0 aliphatic heterocycles. The summed E-state index contributed by atoms with van der Waals surface area (Å²) in [6.45, 7) is 6.61. The largest absolute Gasteiger partial charge is 0.316 e. The van der Waals surface area contributed by atoms with Crippen LogP contribution >= 0.6 is 11.8 Å². The molecule has 0 bridgehead atoms. The molecule has 0 unspecified atom stereocenters. The highest BCUT2D eigenvalue weighted by Crippen LogP contribution is 2.08. The van der Waals surface area contributed by atoms with Crippen molar-refractivity contribution in [3.8, 4) is 0 Å². The summed E-state index contributed by atoms with van der Waals surface area (Å²) < 4.78 is 0. The Kier molecular flexibility index (Phi) is 5.63. The molecule has 4 nitrogen and oxygen atoms in total. The van der Waals surface area contributed by atoms with Crippen LogP contribution in [0.3, 0.4) is 0 Å². The minimum atomic E-state index is 0.782. The topological polar surface area (TPSA) is 53.6 Å². The highest BCUT2D eigenvalue weighted by Gasteiger charge is 1.96. The first-order valence-corrected chi connectivity index (χ1v) is 5.96. The summed E-state index contributed by atoms with van der Waals surface area (Å²) in [4.78, 5) is 4.03. The van der Waals surface area contributed by atoms with Crippen molar-refractivity contribution in [3.05, 3.63) is 6.33 Å². The van der Waals surface area contributed by atoms with E-state index >= 15 is 0 Å². The fraction of sp³-hybridized carbons (Fsp3) is 0.778. The molecular weight excluding hydrogens is 196 g/mol. The molecule has 0 aliphatic rings. The monoisotopic (exact) mass is 214 g/mol. The fourth-order valence-corrected chi connectivity index (χ4v) is 1.68. The van der Waals surface area contributed by atoms with E-state index in [2.05, 4.69) is 34.3 Å². The van der Waals surface area contributed by atoms with E-state index in [1.165, 1.54) is 12.7 Å². The molecule has 0 atom stereocenters. The molecular formula is C9H18N4S. The molecule has 0 saturated carbocycles. The minimum absolute atomic E-state index is 0.782. The molecule has 1 heterocycles. The lowest BCUT2D eigenvalue weighted by atomic mass is 10.1. The molecule has 0 fully saturated rings. The van der Waals surface area contributed by atoms with Crippen LogP contribution in [0, 0.1) is 5.92 Å². The molecule has 0 radical (unpaired) electrons. The van der Waals surface area contributed by atoms with Gasteiger partial charge in [0.2, 0.25) is 0 Å². The molecule has 14 heavy (non-hydrogen) atoms. The third-order valence-corrected chi connectivity index (χ3v) is 2.69. The quantitative estimate of drug-likeness (QED) is 0.534. The van der Waals surface area contributed by atoms with Crippen molar-refractivity contribution in [2.24, 2.45) is 5.92 Å². The highest BCUT2D eigenvalue weighted by atomic mass is 32.2. The minimum Gasteiger partial charge on any atom is -0.316 e. The second-order valence-corrected chi connectivity index (χ2v) is 4.66. The normalized spacial score (nSPS) is 11.1. The zero-order valence-electron chi connectivity index (χ0n) is 8.79. The van der Waals surface area contributed by atoms with E-state index in [0.29, 0.717) is 0 Å². The van der Waals surface area contributed by atoms with Gasteiger partial charge in [0.15, 0.2) is 5.16 Å². The number of hydrogen-bond donors (Lipinski definition) is 2. The van der Waals surface area contributed by atoms with E-state index in [1.54, 1.807) is 11.8 Å². The maximum Gasteiger partial charge on any atom is 0.183 e. The van der Waals surface area contributed by atoms with Gasteiger partial charge in [-0.1, -0.05) is 25.6 Å². The second-order valence-electron chi connectivity index (χ2n) is 3.57. The van der Waals surface area contributed by atoms with Gasteiger partial charge in [-0.25, -0.2) is 4.98 Å². The number of aromatic amines is 1. The molecule has 0 amide bonds. The molecule has 0 aromatic carbocycles. The Hall–Kier alpha value is -0.550. The van der Waals surface area contributed by atoms with Crippen molar-refractivity contribution in [3.63, 3.8) is 0 Å². The summed E-state index contributed by atoms with van der Waals surface area (Å²) in [7, 11) is 0. The Balaban J connectivity index is 1.90. The first-order valence-electron chi connectivity index (χ1n) is 4.98. The molecule has 0 aliphatic carbocycles. The number of rotatable bonds is 7. The predicted octanol–water partition coefficient (Wildman–Crippen LogP) is 1.53. The molecule has 0 spiro atoms. The Morgan fingerprint density at radius 3 is 3.00 bits per heavy atom. The number of H-pyrrole nitrogens is 1. The maximum atomic E-state index is 4.03. The van der Waals surface area contributed by atoms with E-state index in [0.717, 1.165) is 29.9 Å². The van der Waals surface area contributed by atoms with Crippen molar-refractivity contribution in [2.75, 3.05) is 18.8 Å². The van der Waals surface area contributed by atoms with Crippen molar-refractivity contribution >= 4 is 11.8 Å². The average Bonchev–Trinajstić information content (AvgIpc) is 2.63. The van der Waals surface area contributed by atoms with Crippen LogP contribution in [0.5, 0.6) is 0 Å². The Morgan fingerprint density at radius 1 is 1.50 bits per heavy atom. The van der Waals surface area contributed by atoms with Crippen LogP contribution in [0.25, 0.3) is 0 Å². The molecule has 1 rings (SSSR count). The molecule has 5 heteroatoms. The molecule has 1 aromatic heterocycles. The molecule has 80 valence electrons. The molecule has 0 saturated heterocycles. The van der Waals surface area contributed by atoms with Crippen LogP contribution < -0.4 is 5.32 Å². The van der Waals surface area contributed by atoms with E-state index in [9.17, 15) is 0 Å². The van der Waals surface area contributed by atoms with Gasteiger partial charge in [0, 0.05) is 12.3 Å². The third kappa shape index (κ3) is 5.24. The van der Waals surface area contributed by atoms with Gasteiger partial charge in [0.1, 0.15) is 6.33 Å².